The molecule has 0 unspecified atom stereocenters. The summed E-state index contributed by atoms with van der Waals surface area (Å²) in [6.07, 6.45) is 2.43. The van der Waals surface area contributed by atoms with E-state index in [0.29, 0.717) is 12.5 Å². The summed E-state index contributed by atoms with van der Waals surface area (Å²) >= 11 is 2.04. The van der Waals surface area contributed by atoms with Crippen LogP contribution in [-0.4, -0.2) is 37.9 Å². The lowest BCUT2D eigenvalue weighted by Crippen LogP contribution is -3.00. The smallest absolute Gasteiger partial charge is 1.00 e. The Kier molecular flexibility index (Phi) is 7.27. The van der Waals surface area contributed by atoms with Gasteiger partial charge in [-0.1, -0.05) is 0 Å². The summed E-state index contributed by atoms with van der Waals surface area (Å²) in [6, 6.07) is 1.98. The molecule has 0 spiro atoms. The van der Waals surface area contributed by atoms with Crippen LogP contribution in [0.15, 0.2) is 12.3 Å². The molecule has 19 heavy (non-hydrogen) atoms. The average Bonchev–Trinajstić information content (AvgIpc) is 2.77. The summed E-state index contributed by atoms with van der Waals surface area (Å²) in [6.45, 7) is 2.13. The maximum atomic E-state index is 13.4. The Bertz CT molecular complexity index is 397. The molecular weight excluding hydrogens is 385 g/mol. The number of aromatic nitrogens is 1. The first kappa shape index (κ1) is 16.9. The van der Waals surface area contributed by atoms with Crippen LogP contribution in [-0.2, 0) is 4.74 Å². The highest BCUT2D eigenvalue weighted by Crippen LogP contribution is 2.23. The Balaban J connectivity index is 0.00000180. The van der Waals surface area contributed by atoms with E-state index in [2.05, 4.69) is 10.3 Å². The summed E-state index contributed by atoms with van der Waals surface area (Å²) in [5.41, 5.74) is 0. The van der Waals surface area contributed by atoms with E-state index in [9.17, 15) is 4.39 Å². The van der Waals surface area contributed by atoms with Crippen LogP contribution >= 0.6 is 22.6 Å². The number of nitrogens with zero attached hydrogens (tertiary/aromatic N) is 1. The molecule has 0 amide bonds. The molecule has 0 bridgehead atoms. The number of nitrogens with one attached hydrogen (secondary N) is 1. The van der Waals surface area contributed by atoms with Crippen LogP contribution in [0, 0.1) is 15.4 Å². The fourth-order valence-electron chi connectivity index (χ4n) is 2.11. The summed E-state index contributed by atoms with van der Waals surface area (Å²) in [7, 11) is 1.71. The minimum absolute atomic E-state index is 0. The van der Waals surface area contributed by atoms with Gasteiger partial charge in [-0.15, -0.1) is 0 Å². The Labute approximate surface area is 133 Å². The van der Waals surface area contributed by atoms with Crippen molar-refractivity contribution in [3.8, 4) is 5.75 Å². The van der Waals surface area contributed by atoms with Gasteiger partial charge in [0.1, 0.15) is 6.61 Å². The van der Waals surface area contributed by atoms with Crippen LogP contribution in [0.5, 0.6) is 5.75 Å². The van der Waals surface area contributed by atoms with Gasteiger partial charge < -0.3 is 27.2 Å². The zero-order valence-electron chi connectivity index (χ0n) is 11.5. The zero-order valence-corrected chi connectivity index (χ0v) is 13.4. The molecule has 1 aliphatic heterocycles. The number of halogens is 3. The molecule has 108 valence electrons. The monoisotopic (exact) mass is 402 g/mol. The molecule has 2 atom stereocenters. The van der Waals surface area contributed by atoms with Crippen molar-refractivity contribution in [2.75, 3.05) is 26.9 Å². The van der Waals surface area contributed by atoms with Crippen LogP contribution in [0.25, 0.3) is 0 Å². The first-order valence-corrected chi connectivity index (χ1v) is 6.93. The standard InChI is InChI=1S/C12H16FIN2O2.ClH/c1-17-6-8-4-9(16-5-8)7-18-11-10(14)2-3-15-12(11)13;/h2-3,8-9,16H,4-7H2,1H3;1H/t8-,9-;/m0./s1. The van der Waals surface area contributed by atoms with E-state index in [0.717, 1.165) is 23.1 Å². The maximum absolute atomic E-state index is 13.4. The van der Waals surface area contributed by atoms with Gasteiger partial charge in [0.2, 0.25) is 0 Å². The Morgan fingerprint density at radius 3 is 3.05 bits per heavy atom. The molecule has 0 radical (unpaired) electrons. The summed E-state index contributed by atoms with van der Waals surface area (Å²) in [4.78, 5) is 3.59. The number of methoxy groups -OCH3 is 1. The molecule has 7 heteroatoms. The van der Waals surface area contributed by atoms with Crippen molar-refractivity contribution >= 4 is 22.6 Å². The van der Waals surface area contributed by atoms with E-state index in [-0.39, 0.29) is 25.6 Å². The van der Waals surface area contributed by atoms with Crippen LogP contribution in [0.2, 0.25) is 0 Å². The van der Waals surface area contributed by atoms with Crippen LogP contribution in [0.4, 0.5) is 4.39 Å². The predicted octanol–water partition coefficient (Wildman–Crippen LogP) is -1.05. The van der Waals surface area contributed by atoms with Gasteiger partial charge in [0.15, 0.2) is 5.75 Å². The normalized spacial score (nSPS) is 22.1. The van der Waals surface area contributed by atoms with E-state index in [1.807, 2.05) is 22.6 Å². The fraction of sp³-hybridized carbons (Fsp3) is 0.583. The third kappa shape index (κ3) is 4.70. The van der Waals surface area contributed by atoms with Gasteiger partial charge in [-0.25, -0.2) is 4.98 Å². The van der Waals surface area contributed by atoms with E-state index in [1.54, 1.807) is 13.2 Å². The van der Waals surface area contributed by atoms with Crippen molar-refractivity contribution in [3.05, 3.63) is 21.8 Å². The number of pyridine rings is 1. The van der Waals surface area contributed by atoms with Crippen molar-refractivity contribution in [1.82, 2.24) is 10.3 Å². The first-order valence-electron chi connectivity index (χ1n) is 5.85. The maximum Gasteiger partial charge on any atom is 1.00 e. The average molecular weight is 403 g/mol. The van der Waals surface area contributed by atoms with E-state index >= 15 is 0 Å². The van der Waals surface area contributed by atoms with E-state index in [1.165, 1.54) is 6.20 Å². The predicted molar refractivity (Wildman–Crippen MR) is 75.3 cm³/mol. The molecule has 1 aromatic rings. The molecule has 4 nitrogen and oxygen atoms in total. The van der Waals surface area contributed by atoms with E-state index < -0.39 is 5.95 Å². The van der Waals surface area contributed by atoms with Crippen LogP contribution in [0.3, 0.4) is 0 Å². The summed E-state index contributed by atoms with van der Waals surface area (Å²) in [5.74, 6) is 0.213. The minimum atomic E-state index is -0.548. The fourth-order valence-corrected chi connectivity index (χ4v) is 2.64. The van der Waals surface area contributed by atoms with Crippen molar-refractivity contribution < 1.29 is 27.7 Å². The number of hydrogen-bond donors (Lipinski definition) is 1. The molecule has 0 aliphatic carbocycles. The highest BCUT2D eigenvalue weighted by Gasteiger charge is 2.25. The second-order valence-electron chi connectivity index (χ2n) is 4.39. The third-order valence-electron chi connectivity index (χ3n) is 2.96. The van der Waals surface area contributed by atoms with Crippen molar-refractivity contribution in [2.24, 2.45) is 5.92 Å². The van der Waals surface area contributed by atoms with Crippen molar-refractivity contribution in [1.29, 1.82) is 0 Å². The lowest BCUT2D eigenvalue weighted by atomic mass is 10.1. The second-order valence-corrected chi connectivity index (χ2v) is 5.55. The number of ether oxygens (including phenoxy) is 2. The Morgan fingerprint density at radius 1 is 1.58 bits per heavy atom. The number of rotatable bonds is 5. The molecule has 1 aromatic heterocycles. The molecule has 1 saturated heterocycles. The Hall–Kier alpha value is -0.180. The molecule has 0 saturated carbocycles. The Morgan fingerprint density at radius 2 is 2.37 bits per heavy atom. The quantitative estimate of drug-likeness (QED) is 0.504. The molecule has 1 aliphatic rings. The molecule has 2 rings (SSSR count). The van der Waals surface area contributed by atoms with Crippen LogP contribution in [0.1, 0.15) is 7.85 Å². The first-order chi connectivity index (χ1) is 8.70. The van der Waals surface area contributed by atoms with E-state index in [4.69, 9.17) is 9.47 Å². The molecule has 0 aromatic carbocycles. The topological polar surface area (TPSA) is 43.4 Å². The van der Waals surface area contributed by atoms with Crippen molar-refractivity contribution in [2.45, 2.75) is 12.5 Å². The van der Waals surface area contributed by atoms with Gasteiger partial charge in [0.25, 0.3) is 5.95 Å². The highest BCUT2D eigenvalue weighted by atomic mass is 127. The molecular formula is C12H17ClFIN2O2. The second kappa shape index (κ2) is 8.18. The van der Waals surface area contributed by atoms with Gasteiger partial charge in [-0.3, -0.25) is 0 Å². The van der Waals surface area contributed by atoms with Gasteiger partial charge in [-0.2, -0.15) is 4.39 Å². The molecule has 1 fully saturated rings. The van der Waals surface area contributed by atoms with Gasteiger partial charge >= 0.3 is 1.43 Å². The van der Waals surface area contributed by atoms with Crippen LogP contribution < -0.4 is 22.5 Å². The summed E-state index contributed by atoms with van der Waals surface area (Å²) < 4.78 is 24.8. The SMILES string of the molecule is COC[C@@H]1CN[C@H](COc2c(I)ccnc2F)C1.[Cl-].[H+]. The third-order valence-corrected chi connectivity index (χ3v) is 3.81. The van der Waals surface area contributed by atoms with Gasteiger partial charge in [0.05, 0.1) is 10.2 Å². The summed E-state index contributed by atoms with van der Waals surface area (Å²) in [5, 5.41) is 3.35. The lowest BCUT2D eigenvalue weighted by molar-refractivity contribution is -0.00000488. The lowest BCUT2D eigenvalue weighted by Gasteiger charge is -2.13. The van der Waals surface area contributed by atoms with Gasteiger partial charge in [-0.05, 0) is 41.0 Å². The minimum Gasteiger partial charge on any atom is -1.00 e. The largest absolute Gasteiger partial charge is 1.00 e. The molecule has 1 N–H and O–H groups in total. The molecule has 2 heterocycles. The van der Waals surface area contributed by atoms with Crippen molar-refractivity contribution in [3.63, 3.8) is 0 Å². The van der Waals surface area contributed by atoms with Gasteiger partial charge in [0, 0.05) is 25.9 Å². The highest BCUT2D eigenvalue weighted by molar-refractivity contribution is 14.1. The zero-order chi connectivity index (χ0) is 13.0. The number of hydrogen-bond acceptors (Lipinski definition) is 4.